The zero-order valence-corrected chi connectivity index (χ0v) is 8.69. The van der Waals surface area contributed by atoms with Crippen LogP contribution in [0, 0.1) is 0 Å². The summed E-state index contributed by atoms with van der Waals surface area (Å²) in [4.78, 5) is 14.4. The number of nitrogens with one attached hydrogen (secondary N) is 1. The normalized spacial score (nSPS) is 10.5. The van der Waals surface area contributed by atoms with E-state index in [0.717, 1.165) is 0 Å². The molecular weight excluding hydrogens is 234 g/mol. The maximum atomic E-state index is 10.5. The lowest BCUT2D eigenvalue weighted by Gasteiger charge is -1.89. The fourth-order valence-corrected chi connectivity index (χ4v) is 1.62. The van der Waals surface area contributed by atoms with Gasteiger partial charge >= 0.3 is 5.97 Å². The molecule has 9 heteroatoms. The molecule has 84 valence electrons. The Balaban J connectivity index is 1.97. The van der Waals surface area contributed by atoms with Crippen LogP contribution in [0.25, 0.3) is 0 Å². The highest BCUT2D eigenvalue weighted by atomic mass is 32.2. The molecule has 0 aromatic carbocycles. The number of carboxylic acids is 1. The van der Waals surface area contributed by atoms with E-state index in [2.05, 4.69) is 20.3 Å². The molecule has 0 saturated heterocycles. The van der Waals surface area contributed by atoms with E-state index < -0.39 is 5.97 Å². The number of rotatable bonds is 4. The van der Waals surface area contributed by atoms with Crippen LogP contribution < -0.4 is 5.73 Å². The number of aromatic amines is 1. The number of nitrogen functional groups attached to an aromatic ring is 1. The number of anilines is 1. The van der Waals surface area contributed by atoms with Crippen LogP contribution >= 0.6 is 11.8 Å². The van der Waals surface area contributed by atoms with E-state index in [1.54, 1.807) is 0 Å². The number of nitrogens with two attached hydrogens (primary N) is 1. The molecule has 2 aromatic heterocycles. The molecular formula is C7H7N5O3S. The average molecular weight is 241 g/mol. The number of carboxylic acid groups (broad SMARTS) is 1. The Kier molecular flexibility index (Phi) is 2.77. The lowest BCUT2D eigenvalue weighted by Crippen LogP contribution is -1.94. The number of aromatic carboxylic acids is 1. The fraction of sp³-hybridized carbons (Fsp3) is 0.143. The van der Waals surface area contributed by atoms with Gasteiger partial charge in [-0.25, -0.2) is 9.89 Å². The molecule has 16 heavy (non-hydrogen) atoms. The van der Waals surface area contributed by atoms with Crippen molar-refractivity contribution in [3.05, 3.63) is 17.5 Å². The Morgan fingerprint density at radius 1 is 1.69 bits per heavy atom. The maximum absolute atomic E-state index is 10.5. The van der Waals surface area contributed by atoms with Crippen LogP contribution in [0.1, 0.15) is 16.2 Å². The van der Waals surface area contributed by atoms with E-state index in [1.165, 1.54) is 17.8 Å². The van der Waals surface area contributed by atoms with Crippen molar-refractivity contribution < 1.29 is 14.4 Å². The maximum Gasteiger partial charge on any atom is 0.358 e. The summed E-state index contributed by atoms with van der Waals surface area (Å²) in [6.45, 7) is 0. The summed E-state index contributed by atoms with van der Waals surface area (Å²) in [5, 5.41) is 18.7. The Morgan fingerprint density at radius 3 is 3.06 bits per heavy atom. The number of hydrogen-bond acceptors (Lipinski definition) is 7. The molecule has 0 radical (unpaired) electrons. The van der Waals surface area contributed by atoms with Gasteiger partial charge in [0.2, 0.25) is 11.1 Å². The third-order valence-corrected chi connectivity index (χ3v) is 2.47. The summed E-state index contributed by atoms with van der Waals surface area (Å²) in [6.07, 6.45) is 0. The molecule has 0 aliphatic carbocycles. The van der Waals surface area contributed by atoms with Crippen LogP contribution in [-0.2, 0) is 5.75 Å². The van der Waals surface area contributed by atoms with Crippen molar-refractivity contribution in [1.82, 2.24) is 20.3 Å². The van der Waals surface area contributed by atoms with Crippen LogP contribution in [0.5, 0.6) is 0 Å². The molecule has 2 heterocycles. The number of carbonyl (C=O) groups is 1. The van der Waals surface area contributed by atoms with Crippen molar-refractivity contribution in [1.29, 1.82) is 0 Å². The van der Waals surface area contributed by atoms with Gasteiger partial charge in [-0.3, -0.25) is 0 Å². The predicted molar refractivity (Wildman–Crippen MR) is 53.8 cm³/mol. The van der Waals surface area contributed by atoms with Crippen molar-refractivity contribution in [3.63, 3.8) is 0 Å². The molecule has 0 unspecified atom stereocenters. The molecule has 8 nitrogen and oxygen atoms in total. The first-order valence-corrected chi connectivity index (χ1v) is 5.13. The van der Waals surface area contributed by atoms with Gasteiger partial charge in [-0.1, -0.05) is 16.9 Å². The molecule has 0 fully saturated rings. The van der Waals surface area contributed by atoms with Crippen LogP contribution in [0.3, 0.4) is 0 Å². The minimum atomic E-state index is -1.12. The number of aromatic nitrogens is 4. The Bertz CT molecular complexity index is 508. The lowest BCUT2D eigenvalue weighted by molar-refractivity contribution is 0.0685. The van der Waals surface area contributed by atoms with Gasteiger partial charge in [0, 0.05) is 6.07 Å². The summed E-state index contributed by atoms with van der Waals surface area (Å²) in [6, 6.07) is 1.35. The summed E-state index contributed by atoms with van der Waals surface area (Å²) in [5.74, 6) is -0.0726. The highest BCUT2D eigenvalue weighted by Crippen LogP contribution is 2.19. The lowest BCUT2D eigenvalue weighted by atomic mass is 10.4. The molecule has 0 spiro atoms. The van der Waals surface area contributed by atoms with Crippen LogP contribution in [-0.4, -0.2) is 31.4 Å². The second-order valence-corrected chi connectivity index (χ2v) is 3.72. The smallest absolute Gasteiger partial charge is 0.358 e. The van der Waals surface area contributed by atoms with Gasteiger partial charge < -0.3 is 15.4 Å². The monoisotopic (exact) mass is 241 g/mol. The average Bonchev–Trinajstić information content (AvgIpc) is 2.83. The summed E-state index contributed by atoms with van der Waals surface area (Å²) in [7, 11) is 0. The van der Waals surface area contributed by atoms with Crippen molar-refractivity contribution in [2.75, 3.05) is 5.73 Å². The fourth-order valence-electron chi connectivity index (χ4n) is 0.940. The molecule has 0 amide bonds. The third kappa shape index (κ3) is 2.31. The summed E-state index contributed by atoms with van der Waals surface area (Å²) in [5.41, 5.74) is 5.22. The van der Waals surface area contributed by atoms with E-state index in [0.29, 0.717) is 16.7 Å². The van der Waals surface area contributed by atoms with Gasteiger partial charge in [-0.15, -0.1) is 5.10 Å². The van der Waals surface area contributed by atoms with Crippen molar-refractivity contribution >= 4 is 23.7 Å². The highest BCUT2D eigenvalue weighted by Gasteiger charge is 2.11. The molecule has 0 atom stereocenters. The first-order chi connectivity index (χ1) is 7.65. The topological polar surface area (TPSA) is 131 Å². The van der Waals surface area contributed by atoms with Gasteiger partial charge in [-0.2, -0.15) is 4.98 Å². The van der Waals surface area contributed by atoms with E-state index in [-0.39, 0.29) is 11.6 Å². The summed E-state index contributed by atoms with van der Waals surface area (Å²) >= 11 is 1.26. The van der Waals surface area contributed by atoms with E-state index in [1.807, 2.05) is 0 Å². The minimum Gasteiger partial charge on any atom is -0.476 e. The first kappa shape index (κ1) is 10.5. The standard InChI is InChI=1S/C7H7N5O3S/c8-6-9-7(11-10-6)16-2-3-1-4(5(13)14)12-15-3/h1H,2H2,(H,13,14)(H3,8,9,10,11). The zero-order valence-electron chi connectivity index (χ0n) is 7.88. The highest BCUT2D eigenvalue weighted by molar-refractivity contribution is 7.98. The van der Waals surface area contributed by atoms with E-state index >= 15 is 0 Å². The van der Waals surface area contributed by atoms with Gasteiger partial charge in [0.05, 0.1) is 5.75 Å². The molecule has 0 saturated carbocycles. The zero-order chi connectivity index (χ0) is 11.5. The van der Waals surface area contributed by atoms with Crippen LogP contribution in [0.2, 0.25) is 0 Å². The second-order valence-electron chi connectivity index (χ2n) is 2.78. The molecule has 2 rings (SSSR count). The van der Waals surface area contributed by atoms with Crippen LogP contribution in [0.4, 0.5) is 5.95 Å². The molecule has 0 aliphatic heterocycles. The Hall–Kier alpha value is -2.03. The van der Waals surface area contributed by atoms with Gasteiger partial charge in [0.1, 0.15) is 5.76 Å². The van der Waals surface area contributed by atoms with E-state index in [4.69, 9.17) is 15.4 Å². The first-order valence-electron chi connectivity index (χ1n) is 4.14. The molecule has 4 N–H and O–H groups in total. The predicted octanol–water partition coefficient (Wildman–Crippen LogP) is 0.365. The largest absolute Gasteiger partial charge is 0.476 e. The second kappa shape index (κ2) is 4.23. The van der Waals surface area contributed by atoms with E-state index in [9.17, 15) is 4.79 Å². The SMILES string of the molecule is Nc1nc(SCc2cc(C(=O)O)no2)n[nH]1. The van der Waals surface area contributed by atoms with Crippen molar-refractivity contribution in [2.24, 2.45) is 0 Å². The number of H-pyrrole nitrogens is 1. The van der Waals surface area contributed by atoms with Crippen molar-refractivity contribution in [2.45, 2.75) is 10.9 Å². The van der Waals surface area contributed by atoms with Gasteiger partial charge in [-0.05, 0) is 0 Å². The summed E-state index contributed by atoms with van der Waals surface area (Å²) < 4.78 is 4.81. The van der Waals surface area contributed by atoms with Gasteiger partial charge in [0.25, 0.3) is 0 Å². The number of nitrogens with zero attached hydrogens (tertiary/aromatic N) is 3. The Morgan fingerprint density at radius 2 is 2.50 bits per heavy atom. The minimum absolute atomic E-state index is 0.120. The van der Waals surface area contributed by atoms with Crippen LogP contribution in [0.15, 0.2) is 15.7 Å². The molecule has 2 aromatic rings. The molecule has 0 aliphatic rings. The number of thioether (sulfide) groups is 1. The van der Waals surface area contributed by atoms with Gasteiger partial charge in [0.15, 0.2) is 5.69 Å². The quantitative estimate of drug-likeness (QED) is 0.654. The number of hydrogen-bond donors (Lipinski definition) is 3. The Labute approximate surface area is 93.2 Å². The third-order valence-electron chi connectivity index (χ3n) is 1.60. The van der Waals surface area contributed by atoms with Crippen molar-refractivity contribution in [3.8, 4) is 0 Å². The molecule has 0 bridgehead atoms.